The Morgan fingerprint density at radius 1 is 1.04 bits per heavy atom. The third-order valence-corrected chi connectivity index (χ3v) is 4.23. The molecule has 0 saturated heterocycles. The van der Waals surface area contributed by atoms with Gasteiger partial charge in [0.2, 0.25) is 5.91 Å². The molecular formula is C20H22N4O. The van der Waals surface area contributed by atoms with Gasteiger partial charge in [-0.1, -0.05) is 30.3 Å². The number of nitrogens with zero attached hydrogens (tertiary/aromatic N) is 4. The number of hydrogen-bond acceptors (Lipinski definition) is 3. The molecule has 1 atom stereocenters. The van der Waals surface area contributed by atoms with Crippen LogP contribution in [0.1, 0.15) is 24.1 Å². The van der Waals surface area contributed by atoms with Crippen molar-refractivity contribution in [3.8, 4) is 0 Å². The molecule has 3 rings (SSSR count). The molecule has 1 amide bonds. The molecule has 0 saturated carbocycles. The van der Waals surface area contributed by atoms with Gasteiger partial charge in [-0.3, -0.25) is 14.5 Å². The minimum absolute atomic E-state index is 0.0662. The van der Waals surface area contributed by atoms with Gasteiger partial charge in [0.05, 0.1) is 0 Å². The summed E-state index contributed by atoms with van der Waals surface area (Å²) in [5, 5.41) is 4.20. The highest BCUT2D eigenvalue weighted by atomic mass is 16.2. The SMILES string of the molecule is C[C@H](C(=O)N(CCc1ccccc1)Cc1ccncc1)n1cccn1. The van der Waals surface area contributed by atoms with Crippen LogP contribution in [0, 0.1) is 0 Å². The van der Waals surface area contributed by atoms with Gasteiger partial charge in [0.15, 0.2) is 0 Å². The molecular weight excluding hydrogens is 312 g/mol. The number of carbonyl (C=O) groups excluding carboxylic acids is 1. The van der Waals surface area contributed by atoms with Gasteiger partial charge < -0.3 is 4.90 Å². The van der Waals surface area contributed by atoms with Gasteiger partial charge in [0.1, 0.15) is 6.04 Å². The molecule has 5 heteroatoms. The fraction of sp³-hybridized carbons (Fsp3) is 0.250. The molecule has 0 fully saturated rings. The van der Waals surface area contributed by atoms with Gasteiger partial charge in [-0.2, -0.15) is 5.10 Å². The second-order valence-corrected chi connectivity index (χ2v) is 6.01. The van der Waals surface area contributed by atoms with Crippen LogP contribution in [0.3, 0.4) is 0 Å². The van der Waals surface area contributed by atoms with Crippen molar-refractivity contribution in [3.63, 3.8) is 0 Å². The average Bonchev–Trinajstić information content (AvgIpc) is 3.20. The lowest BCUT2D eigenvalue weighted by Crippen LogP contribution is -2.37. The molecule has 5 nitrogen and oxygen atoms in total. The van der Waals surface area contributed by atoms with E-state index in [-0.39, 0.29) is 11.9 Å². The molecule has 0 aliphatic heterocycles. The Labute approximate surface area is 147 Å². The summed E-state index contributed by atoms with van der Waals surface area (Å²) in [6.45, 7) is 3.12. The molecule has 0 N–H and O–H groups in total. The monoisotopic (exact) mass is 334 g/mol. The zero-order valence-corrected chi connectivity index (χ0v) is 14.3. The molecule has 2 aromatic heterocycles. The summed E-state index contributed by atoms with van der Waals surface area (Å²) in [5.74, 6) is 0.0662. The van der Waals surface area contributed by atoms with Crippen LogP contribution < -0.4 is 0 Å². The second-order valence-electron chi connectivity index (χ2n) is 6.01. The Hall–Kier alpha value is -2.95. The van der Waals surface area contributed by atoms with E-state index in [0.29, 0.717) is 13.1 Å². The van der Waals surface area contributed by atoms with E-state index in [9.17, 15) is 4.79 Å². The first-order valence-electron chi connectivity index (χ1n) is 8.45. The van der Waals surface area contributed by atoms with Crippen molar-refractivity contribution in [2.24, 2.45) is 0 Å². The second kappa shape index (κ2) is 8.24. The summed E-state index contributed by atoms with van der Waals surface area (Å²) in [6.07, 6.45) is 7.85. The van der Waals surface area contributed by atoms with E-state index < -0.39 is 0 Å². The number of amides is 1. The summed E-state index contributed by atoms with van der Waals surface area (Å²) in [7, 11) is 0. The zero-order chi connectivity index (χ0) is 17.5. The number of aromatic nitrogens is 3. The molecule has 128 valence electrons. The summed E-state index contributed by atoms with van der Waals surface area (Å²) in [4.78, 5) is 19.0. The number of rotatable bonds is 7. The van der Waals surface area contributed by atoms with Crippen molar-refractivity contribution in [1.82, 2.24) is 19.7 Å². The van der Waals surface area contributed by atoms with Crippen molar-refractivity contribution in [1.29, 1.82) is 0 Å². The molecule has 2 heterocycles. The van der Waals surface area contributed by atoms with Gasteiger partial charge in [0, 0.05) is 37.9 Å². The Bertz CT molecular complexity index is 772. The van der Waals surface area contributed by atoms with E-state index in [2.05, 4.69) is 22.2 Å². The lowest BCUT2D eigenvalue weighted by Gasteiger charge is -2.26. The Morgan fingerprint density at radius 3 is 2.48 bits per heavy atom. The van der Waals surface area contributed by atoms with Crippen LogP contribution in [0.2, 0.25) is 0 Å². The van der Waals surface area contributed by atoms with Crippen LogP contribution in [-0.2, 0) is 17.8 Å². The molecule has 25 heavy (non-hydrogen) atoms. The highest BCUT2D eigenvalue weighted by molar-refractivity contribution is 5.80. The van der Waals surface area contributed by atoms with Crippen molar-refractivity contribution in [2.45, 2.75) is 25.9 Å². The summed E-state index contributed by atoms with van der Waals surface area (Å²) in [5.41, 5.74) is 2.30. The van der Waals surface area contributed by atoms with Gasteiger partial charge >= 0.3 is 0 Å². The maximum Gasteiger partial charge on any atom is 0.247 e. The van der Waals surface area contributed by atoms with E-state index in [0.717, 1.165) is 12.0 Å². The normalized spacial score (nSPS) is 11.9. The van der Waals surface area contributed by atoms with E-state index in [4.69, 9.17) is 0 Å². The first-order valence-corrected chi connectivity index (χ1v) is 8.45. The smallest absolute Gasteiger partial charge is 0.247 e. The predicted molar refractivity (Wildman–Crippen MR) is 96.7 cm³/mol. The molecule has 0 unspecified atom stereocenters. The van der Waals surface area contributed by atoms with Crippen molar-refractivity contribution >= 4 is 5.91 Å². The molecule has 0 aliphatic rings. The van der Waals surface area contributed by atoms with Crippen LogP contribution in [0.4, 0.5) is 0 Å². The van der Waals surface area contributed by atoms with Gasteiger partial charge in [0.25, 0.3) is 0 Å². The van der Waals surface area contributed by atoms with E-state index in [1.165, 1.54) is 5.56 Å². The summed E-state index contributed by atoms with van der Waals surface area (Å²) in [6, 6.07) is 15.6. The largest absolute Gasteiger partial charge is 0.336 e. The van der Waals surface area contributed by atoms with Crippen LogP contribution in [0.5, 0.6) is 0 Å². The number of carbonyl (C=O) groups is 1. The minimum Gasteiger partial charge on any atom is -0.336 e. The van der Waals surface area contributed by atoms with E-state index in [1.54, 1.807) is 23.3 Å². The predicted octanol–water partition coefficient (Wildman–Crippen LogP) is 3.11. The molecule has 3 aromatic rings. The molecule has 0 spiro atoms. The van der Waals surface area contributed by atoms with Gasteiger partial charge in [-0.25, -0.2) is 0 Å². The average molecular weight is 334 g/mol. The number of hydrogen-bond donors (Lipinski definition) is 0. The van der Waals surface area contributed by atoms with E-state index >= 15 is 0 Å². The quantitative estimate of drug-likeness (QED) is 0.667. The van der Waals surface area contributed by atoms with Gasteiger partial charge in [-0.15, -0.1) is 0 Å². The standard InChI is InChI=1S/C20H22N4O/c1-17(24-14-5-11-22-24)20(25)23(16-19-8-12-21-13-9-19)15-10-18-6-3-2-4-7-18/h2-9,11-14,17H,10,15-16H2,1H3/t17-/m1/s1. The molecule has 0 bridgehead atoms. The van der Waals surface area contributed by atoms with Crippen molar-refractivity contribution in [3.05, 3.63) is 84.4 Å². The fourth-order valence-corrected chi connectivity index (χ4v) is 2.77. The lowest BCUT2D eigenvalue weighted by molar-refractivity contribution is -0.135. The highest BCUT2D eigenvalue weighted by Gasteiger charge is 2.22. The fourth-order valence-electron chi connectivity index (χ4n) is 2.77. The lowest BCUT2D eigenvalue weighted by atomic mass is 10.1. The number of pyridine rings is 1. The molecule has 0 radical (unpaired) electrons. The van der Waals surface area contributed by atoms with Crippen molar-refractivity contribution < 1.29 is 4.79 Å². The maximum atomic E-state index is 13.0. The number of benzene rings is 1. The van der Waals surface area contributed by atoms with E-state index in [1.807, 2.05) is 54.4 Å². The minimum atomic E-state index is -0.326. The summed E-state index contributed by atoms with van der Waals surface area (Å²) < 4.78 is 1.70. The third kappa shape index (κ3) is 4.53. The first-order chi connectivity index (χ1) is 12.2. The van der Waals surface area contributed by atoms with Crippen LogP contribution in [-0.4, -0.2) is 32.1 Å². The van der Waals surface area contributed by atoms with Crippen LogP contribution in [0.15, 0.2) is 73.3 Å². The molecule has 0 aliphatic carbocycles. The first kappa shape index (κ1) is 16.9. The molecule has 1 aromatic carbocycles. The third-order valence-electron chi connectivity index (χ3n) is 4.23. The Morgan fingerprint density at radius 2 is 1.80 bits per heavy atom. The topological polar surface area (TPSA) is 51.0 Å². The summed E-state index contributed by atoms with van der Waals surface area (Å²) >= 11 is 0. The van der Waals surface area contributed by atoms with Crippen molar-refractivity contribution in [2.75, 3.05) is 6.54 Å². The zero-order valence-electron chi connectivity index (χ0n) is 14.3. The van der Waals surface area contributed by atoms with Crippen LogP contribution >= 0.6 is 0 Å². The maximum absolute atomic E-state index is 13.0. The van der Waals surface area contributed by atoms with Crippen LogP contribution in [0.25, 0.3) is 0 Å². The Balaban J connectivity index is 1.74. The highest BCUT2D eigenvalue weighted by Crippen LogP contribution is 2.13. The Kier molecular flexibility index (Phi) is 5.57. The van der Waals surface area contributed by atoms with Gasteiger partial charge in [-0.05, 0) is 42.7 Å².